The predicted molar refractivity (Wildman–Crippen MR) is 31.1 cm³/mol. The monoisotopic (exact) mass is 108 g/mol. The second kappa shape index (κ2) is 61.4. The van der Waals surface area contributed by atoms with E-state index in [1.54, 1.807) is 0 Å². The van der Waals surface area contributed by atoms with Crippen molar-refractivity contribution < 1.29 is 59.1 Å². The first-order valence-corrected chi connectivity index (χ1v) is 0. The van der Waals surface area contributed by atoms with E-state index in [-0.39, 0.29) is 88.2 Å². The van der Waals surface area contributed by atoms with Crippen LogP contribution in [0.4, 0.5) is 0 Å². The Morgan fingerprint density at radius 3 is 0.667 bits per heavy atom. The molecule has 0 saturated heterocycles. The average molecular weight is 108 g/mol. The Labute approximate surface area is 87.1 Å². The van der Waals surface area contributed by atoms with Gasteiger partial charge in [-0.15, -0.1) is 0 Å². The van der Waals surface area contributed by atoms with E-state index in [2.05, 4.69) is 0 Å². The Bertz CT molecular complexity index is 9.51. The normalized spacial score (nSPS) is 0. The van der Waals surface area contributed by atoms with Crippen LogP contribution in [0, 0.1) is 0 Å². The topological polar surface area (TPSA) is 70.0 Å². The molecule has 0 aromatic rings. The first-order chi connectivity index (χ1) is 0. The summed E-state index contributed by atoms with van der Waals surface area (Å²) in [5.41, 5.74) is 0. The Kier molecular flexibility index (Phi) is 974. The molecular weight excluding hydrogens is 95.6 g/mol. The van der Waals surface area contributed by atoms with Crippen LogP contribution in [0.25, 0.3) is 6.15 Å². The summed E-state index contributed by atoms with van der Waals surface area (Å²) in [5.74, 6) is 0. The van der Waals surface area contributed by atoms with E-state index in [0.717, 1.165) is 0 Å². The van der Waals surface area contributed by atoms with Crippen LogP contribution in [-0.2, 0) is 0 Å². The zero-order valence-corrected chi connectivity index (χ0v) is 7.58. The second-order valence-electron chi connectivity index (χ2n) is 0. The molecule has 0 aromatic carbocycles. The van der Waals surface area contributed by atoms with Gasteiger partial charge in [-0.2, -0.15) is 0 Å². The molecule has 6 heteroatoms. The van der Waals surface area contributed by atoms with Gasteiger partial charge in [-0.3, -0.25) is 0 Å². The molecule has 0 rings (SSSR count). The summed E-state index contributed by atoms with van der Waals surface area (Å²) in [7, 11) is 0. The Hall–Kier alpha value is 2.05. The van der Waals surface area contributed by atoms with Crippen molar-refractivity contribution in [2.75, 3.05) is 0 Å². The molecule has 0 unspecified atom stereocenters. The van der Waals surface area contributed by atoms with Gasteiger partial charge >= 0.3 is 59.1 Å². The second-order valence-corrected chi connectivity index (χ2v) is 0. The molecule has 0 aliphatic rings. The molecule has 28 valence electrons. The van der Waals surface area contributed by atoms with Gasteiger partial charge in [-0.25, -0.2) is 0 Å². The molecule has 0 radical (unpaired) electrons. The van der Waals surface area contributed by atoms with Gasteiger partial charge in [0.15, 0.2) is 0 Å². The van der Waals surface area contributed by atoms with E-state index < -0.39 is 0 Å². The fourth-order valence-corrected chi connectivity index (χ4v) is 0. The molecule has 0 fully saturated rings. The molecule has 0 aromatic heterocycles. The van der Waals surface area contributed by atoms with Crippen molar-refractivity contribution in [3.05, 3.63) is 6.15 Å². The zero-order chi connectivity index (χ0) is 0. The summed E-state index contributed by atoms with van der Waals surface area (Å²) < 4.78 is 0. The maximum Gasteiger partial charge on any atom is 1.00 e. The number of quaternary nitrogens is 1. The van der Waals surface area contributed by atoms with Crippen molar-refractivity contribution in [3.63, 3.8) is 0 Å². The van der Waals surface area contributed by atoms with Crippen LogP contribution in [0.3, 0.4) is 0 Å². The molecule has 6 N–H and O–H groups in total. The summed E-state index contributed by atoms with van der Waals surface area (Å²) in [4.78, 5) is 0. The molecule has 0 amide bonds. The van der Waals surface area contributed by atoms with Crippen molar-refractivity contribution >= 4 is 16.8 Å². The molecule has 0 saturated carbocycles. The van der Waals surface area contributed by atoms with Gasteiger partial charge in [0.1, 0.15) is 0 Å². The molecule has 0 aliphatic carbocycles. The minimum absolute atomic E-state index is 0. The third-order valence-corrected chi connectivity index (χ3v) is 0. The summed E-state index contributed by atoms with van der Waals surface area (Å²) in [6, 6.07) is 0. The largest absolute Gasteiger partial charge is 1.00 e. The zero-order valence-electron chi connectivity index (χ0n) is 3.58. The standard InChI is InChI=1S/2BH3.H3N.H2N.2Na/h3*1H3;1H2;;/q;;;-1;2*+1/p+1. The number of hydrogen-bond acceptors (Lipinski definition) is 0. The van der Waals surface area contributed by atoms with E-state index in [4.69, 9.17) is 0 Å². The van der Waals surface area contributed by atoms with E-state index in [0.29, 0.717) is 0 Å². The molecule has 6 heavy (non-hydrogen) atoms. The van der Waals surface area contributed by atoms with Gasteiger partial charge in [0.05, 0.1) is 16.8 Å². The Balaban J connectivity index is 0. The van der Waals surface area contributed by atoms with Crippen molar-refractivity contribution in [2.24, 2.45) is 0 Å². The molecule has 0 heterocycles. The van der Waals surface area contributed by atoms with Gasteiger partial charge in [0.2, 0.25) is 0 Å². The number of nitrogens with two attached hydrogens (primary N) is 1. The minimum atomic E-state index is 0. The van der Waals surface area contributed by atoms with Gasteiger partial charge in [0.25, 0.3) is 0 Å². The minimum Gasteiger partial charge on any atom is -0.693 e. The van der Waals surface area contributed by atoms with E-state index >= 15 is 0 Å². The van der Waals surface area contributed by atoms with Gasteiger partial charge in [-0.05, 0) is 0 Å². The van der Waals surface area contributed by atoms with Crippen molar-refractivity contribution in [1.82, 2.24) is 6.15 Å². The van der Waals surface area contributed by atoms with E-state index in [9.17, 15) is 0 Å². The van der Waals surface area contributed by atoms with Crippen molar-refractivity contribution in [3.8, 4) is 0 Å². The van der Waals surface area contributed by atoms with Crippen LogP contribution in [-0.4, -0.2) is 16.8 Å². The maximum absolute atomic E-state index is 0. The quantitative estimate of drug-likeness (QED) is 0.299. The van der Waals surface area contributed by atoms with Gasteiger partial charge < -0.3 is 12.3 Å². The molecule has 0 bridgehead atoms. The third-order valence-electron chi connectivity index (χ3n) is 0. The predicted octanol–water partition coefficient (Wildman–Crippen LogP) is -7.27. The third kappa shape index (κ3) is 36.7. The fourth-order valence-electron chi connectivity index (χ4n) is 0. The summed E-state index contributed by atoms with van der Waals surface area (Å²) in [6.45, 7) is 0. The SMILES string of the molecule is B.B.[NH2-].[NH4+].[Na+].[Na+]. The molecular formula is H12B2N2Na2+2. The van der Waals surface area contributed by atoms with Crippen LogP contribution in [0.1, 0.15) is 0 Å². The molecule has 0 spiro atoms. The van der Waals surface area contributed by atoms with Crippen molar-refractivity contribution in [2.45, 2.75) is 0 Å². The smallest absolute Gasteiger partial charge is 0.693 e. The fraction of sp³-hybridized carbons (Fsp3) is 0. The molecule has 2 nitrogen and oxygen atoms in total. The van der Waals surface area contributed by atoms with Crippen LogP contribution >= 0.6 is 0 Å². The first kappa shape index (κ1) is 95.2. The van der Waals surface area contributed by atoms with Gasteiger partial charge in [-0.1, -0.05) is 0 Å². The molecule has 0 aliphatic heterocycles. The van der Waals surface area contributed by atoms with E-state index in [1.165, 1.54) is 0 Å². The number of hydrogen-bond donors (Lipinski definition) is 1. The first-order valence-electron chi connectivity index (χ1n) is 0. The summed E-state index contributed by atoms with van der Waals surface area (Å²) in [5, 5.41) is 0. The van der Waals surface area contributed by atoms with E-state index in [1.807, 2.05) is 0 Å². The number of rotatable bonds is 0. The van der Waals surface area contributed by atoms with Crippen LogP contribution < -0.4 is 65.3 Å². The summed E-state index contributed by atoms with van der Waals surface area (Å²) >= 11 is 0. The Morgan fingerprint density at radius 2 is 0.667 bits per heavy atom. The van der Waals surface area contributed by atoms with Crippen molar-refractivity contribution in [1.29, 1.82) is 0 Å². The Morgan fingerprint density at radius 1 is 0.667 bits per heavy atom. The van der Waals surface area contributed by atoms with Gasteiger partial charge in [0, 0.05) is 0 Å². The van der Waals surface area contributed by atoms with Crippen LogP contribution in [0.2, 0.25) is 0 Å². The maximum atomic E-state index is 0. The molecule has 0 atom stereocenters. The summed E-state index contributed by atoms with van der Waals surface area (Å²) in [6.07, 6.45) is 0. The van der Waals surface area contributed by atoms with Crippen LogP contribution in [0.15, 0.2) is 0 Å². The van der Waals surface area contributed by atoms with Crippen LogP contribution in [0.5, 0.6) is 0 Å². The average Bonchev–Trinajstić information content (AvgIpc) is 0.